The number of thiocarbonyl (C=S) groups is 1. The van der Waals surface area contributed by atoms with E-state index in [4.69, 9.17) is 12.2 Å². The van der Waals surface area contributed by atoms with Crippen LogP contribution in [0.2, 0.25) is 0 Å². The molecule has 0 aliphatic carbocycles. The zero-order valence-electron chi connectivity index (χ0n) is 24.7. The van der Waals surface area contributed by atoms with Crippen LogP contribution >= 0.6 is 24.0 Å². The standard InChI is InChI=1S/C34H29N5O4S2/c1-20-7-8-23(33(40)41)19-30(20)37-21(2)18-28(22(37)3)32-31(29-6-4-5-17-35-29)36-34(44)38(32)24-9-13-26(14-10-24)45-27-15-11-25(12-16-27)39(42)43/h4-19,31-32H,1-3H3,(H,36,44)(H,40,41)/t31-,32-/m0/s1. The summed E-state index contributed by atoms with van der Waals surface area (Å²) in [7, 11) is 0. The number of aryl methyl sites for hydroxylation is 2. The summed E-state index contributed by atoms with van der Waals surface area (Å²) in [5.41, 5.74) is 6.82. The third kappa shape index (κ3) is 5.79. The van der Waals surface area contributed by atoms with E-state index < -0.39 is 10.9 Å². The van der Waals surface area contributed by atoms with Crippen molar-refractivity contribution < 1.29 is 14.8 Å². The van der Waals surface area contributed by atoms with Crippen LogP contribution in [0.4, 0.5) is 11.4 Å². The number of anilines is 1. The zero-order chi connectivity index (χ0) is 31.8. The summed E-state index contributed by atoms with van der Waals surface area (Å²) in [6.45, 7) is 6.05. The summed E-state index contributed by atoms with van der Waals surface area (Å²) in [5.74, 6) is -0.971. The minimum absolute atomic E-state index is 0.0577. The van der Waals surface area contributed by atoms with E-state index in [2.05, 4.69) is 25.8 Å². The van der Waals surface area contributed by atoms with Gasteiger partial charge in [0.2, 0.25) is 0 Å². The number of hydrogen-bond acceptors (Lipinski definition) is 6. The number of aromatic carboxylic acids is 1. The SMILES string of the molecule is Cc1ccc(C(=O)O)cc1-n1c(C)cc([C@H]2[C@H](c3ccccn3)NC(=S)N2c2ccc(Sc3ccc([N+](=O)[O-])cc3)cc2)c1C. The van der Waals surface area contributed by atoms with Gasteiger partial charge in [-0.15, -0.1) is 0 Å². The molecule has 1 aliphatic heterocycles. The van der Waals surface area contributed by atoms with Gasteiger partial charge in [-0.05, 0) is 111 Å². The van der Waals surface area contributed by atoms with Gasteiger partial charge in [-0.25, -0.2) is 4.79 Å². The van der Waals surface area contributed by atoms with Gasteiger partial charge in [0.15, 0.2) is 5.11 Å². The van der Waals surface area contributed by atoms with Crippen LogP contribution in [0.1, 0.15) is 50.7 Å². The monoisotopic (exact) mass is 635 g/mol. The second kappa shape index (κ2) is 12.2. The van der Waals surface area contributed by atoms with Crippen molar-refractivity contribution in [3.63, 3.8) is 0 Å². The number of non-ortho nitro benzene ring substituents is 1. The molecule has 3 aromatic carbocycles. The highest BCUT2D eigenvalue weighted by atomic mass is 32.2. The molecule has 45 heavy (non-hydrogen) atoms. The van der Waals surface area contributed by atoms with Gasteiger partial charge in [-0.3, -0.25) is 15.1 Å². The van der Waals surface area contributed by atoms with E-state index in [1.165, 1.54) is 23.9 Å². The lowest BCUT2D eigenvalue weighted by Crippen LogP contribution is -2.29. The quantitative estimate of drug-likeness (QED) is 0.100. The van der Waals surface area contributed by atoms with Crippen molar-refractivity contribution in [3.05, 3.63) is 141 Å². The molecule has 2 atom stereocenters. The highest BCUT2D eigenvalue weighted by molar-refractivity contribution is 7.99. The number of pyridine rings is 1. The molecule has 0 unspecified atom stereocenters. The first-order chi connectivity index (χ1) is 21.6. The first kappa shape index (κ1) is 30.0. The summed E-state index contributed by atoms with van der Waals surface area (Å²) in [5, 5.41) is 24.8. The van der Waals surface area contributed by atoms with Crippen molar-refractivity contribution in [1.82, 2.24) is 14.9 Å². The number of carbonyl (C=O) groups is 1. The zero-order valence-corrected chi connectivity index (χ0v) is 26.3. The molecule has 226 valence electrons. The number of nitro benzene ring substituents is 1. The topological polar surface area (TPSA) is 114 Å². The number of carboxylic acid groups (broad SMARTS) is 1. The Balaban J connectivity index is 1.40. The maximum atomic E-state index is 11.8. The van der Waals surface area contributed by atoms with Crippen molar-refractivity contribution in [2.45, 2.75) is 42.6 Å². The molecule has 1 aliphatic rings. The Morgan fingerprint density at radius 2 is 1.67 bits per heavy atom. The fraction of sp³-hybridized carbons (Fsp3) is 0.147. The van der Waals surface area contributed by atoms with Crippen molar-refractivity contribution in [2.75, 3.05) is 4.90 Å². The average molecular weight is 636 g/mol. The Morgan fingerprint density at radius 1 is 0.978 bits per heavy atom. The van der Waals surface area contributed by atoms with E-state index in [1.54, 1.807) is 30.5 Å². The van der Waals surface area contributed by atoms with Gasteiger partial charge in [0.1, 0.15) is 0 Å². The maximum Gasteiger partial charge on any atom is 0.335 e. The molecule has 0 amide bonds. The van der Waals surface area contributed by atoms with E-state index in [9.17, 15) is 20.0 Å². The summed E-state index contributed by atoms with van der Waals surface area (Å²) in [4.78, 5) is 31.1. The lowest BCUT2D eigenvalue weighted by molar-refractivity contribution is -0.384. The number of carboxylic acids is 1. The third-order valence-corrected chi connectivity index (χ3v) is 9.31. The van der Waals surface area contributed by atoms with Crippen LogP contribution in [0, 0.1) is 30.9 Å². The molecular formula is C34H29N5O4S2. The molecule has 1 fully saturated rings. The van der Waals surface area contributed by atoms with Crippen LogP contribution in [0.25, 0.3) is 5.69 Å². The summed E-state index contributed by atoms with van der Waals surface area (Å²) >= 11 is 7.47. The molecule has 9 nitrogen and oxygen atoms in total. The molecule has 0 radical (unpaired) electrons. The number of benzene rings is 3. The average Bonchev–Trinajstić information content (AvgIpc) is 3.53. The lowest BCUT2D eigenvalue weighted by Gasteiger charge is -2.28. The summed E-state index contributed by atoms with van der Waals surface area (Å²) in [6, 6.07) is 27.2. The van der Waals surface area contributed by atoms with Crippen molar-refractivity contribution in [1.29, 1.82) is 0 Å². The molecule has 0 bridgehead atoms. The van der Waals surface area contributed by atoms with Crippen molar-refractivity contribution in [3.8, 4) is 5.69 Å². The molecule has 2 N–H and O–H groups in total. The van der Waals surface area contributed by atoms with E-state index in [-0.39, 0.29) is 23.3 Å². The van der Waals surface area contributed by atoms with Crippen LogP contribution in [0.5, 0.6) is 0 Å². The Hall–Kier alpha value is -5.00. The molecule has 11 heteroatoms. The second-order valence-electron chi connectivity index (χ2n) is 10.8. The van der Waals surface area contributed by atoms with Gasteiger partial charge < -0.3 is 19.9 Å². The van der Waals surface area contributed by atoms with Gasteiger partial charge in [0.25, 0.3) is 5.69 Å². The number of rotatable bonds is 8. The van der Waals surface area contributed by atoms with Gasteiger partial charge in [-0.2, -0.15) is 0 Å². The molecule has 0 spiro atoms. The molecule has 1 saturated heterocycles. The molecular weight excluding hydrogens is 607 g/mol. The predicted octanol–water partition coefficient (Wildman–Crippen LogP) is 7.73. The minimum atomic E-state index is -0.971. The van der Waals surface area contributed by atoms with E-state index in [0.29, 0.717) is 5.11 Å². The lowest BCUT2D eigenvalue weighted by atomic mass is 9.96. The van der Waals surface area contributed by atoms with Gasteiger partial charge in [-0.1, -0.05) is 23.9 Å². The minimum Gasteiger partial charge on any atom is -0.478 e. The van der Waals surface area contributed by atoms with Crippen molar-refractivity contribution >= 4 is 46.4 Å². The Morgan fingerprint density at radius 3 is 2.29 bits per heavy atom. The largest absolute Gasteiger partial charge is 0.478 e. The van der Waals surface area contributed by atoms with Gasteiger partial charge in [0, 0.05) is 50.9 Å². The Labute approximate surface area is 269 Å². The van der Waals surface area contributed by atoms with Crippen LogP contribution < -0.4 is 10.2 Å². The molecule has 5 aromatic rings. The predicted molar refractivity (Wildman–Crippen MR) is 179 cm³/mol. The van der Waals surface area contributed by atoms with Crippen molar-refractivity contribution in [2.24, 2.45) is 0 Å². The van der Waals surface area contributed by atoms with Crippen LogP contribution in [-0.2, 0) is 0 Å². The van der Waals surface area contributed by atoms with Crippen LogP contribution in [0.3, 0.4) is 0 Å². The molecule has 2 aromatic heterocycles. The first-order valence-electron chi connectivity index (χ1n) is 14.2. The number of aromatic nitrogens is 2. The smallest absolute Gasteiger partial charge is 0.335 e. The van der Waals surface area contributed by atoms with Crippen LogP contribution in [-0.4, -0.2) is 30.7 Å². The van der Waals surface area contributed by atoms with Crippen LogP contribution in [0.15, 0.2) is 107 Å². The Bertz CT molecular complexity index is 1930. The second-order valence-corrected chi connectivity index (χ2v) is 12.3. The molecule has 3 heterocycles. The van der Waals surface area contributed by atoms with E-state index >= 15 is 0 Å². The first-order valence-corrected chi connectivity index (χ1v) is 15.4. The fourth-order valence-electron chi connectivity index (χ4n) is 5.84. The number of nitrogens with one attached hydrogen (secondary N) is 1. The van der Waals surface area contributed by atoms with Gasteiger partial charge >= 0.3 is 5.97 Å². The summed E-state index contributed by atoms with van der Waals surface area (Å²) in [6.07, 6.45) is 1.77. The number of nitrogens with zero attached hydrogens (tertiary/aromatic N) is 4. The van der Waals surface area contributed by atoms with E-state index in [0.717, 1.165) is 49.4 Å². The number of nitro groups is 1. The Kier molecular flexibility index (Phi) is 8.13. The summed E-state index contributed by atoms with van der Waals surface area (Å²) < 4.78 is 2.11. The van der Waals surface area contributed by atoms with Gasteiger partial charge in [0.05, 0.1) is 28.3 Å². The highest BCUT2D eigenvalue weighted by Gasteiger charge is 2.42. The molecule has 0 saturated carbocycles. The fourth-order valence-corrected chi connectivity index (χ4v) is 7.00. The number of hydrogen-bond donors (Lipinski definition) is 2. The maximum absolute atomic E-state index is 11.8. The van der Waals surface area contributed by atoms with E-state index in [1.807, 2.05) is 69.3 Å². The molecule has 6 rings (SSSR count). The normalized spacial score (nSPS) is 16.1. The highest BCUT2D eigenvalue weighted by Crippen LogP contribution is 2.44. The third-order valence-electron chi connectivity index (χ3n) is 7.98.